The summed E-state index contributed by atoms with van der Waals surface area (Å²) in [5.74, 6) is 0.458. The van der Waals surface area contributed by atoms with Gasteiger partial charge in [0.2, 0.25) is 0 Å². The first-order valence-electron chi connectivity index (χ1n) is 8.25. The fraction of sp³-hybridized carbons (Fsp3) is 0.0500. The Labute approximate surface area is 169 Å². The van der Waals surface area contributed by atoms with Crippen molar-refractivity contribution in [2.45, 2.75) is 0 Å². The van der Waals surface area contributed by atoms with Crippen LogP contribution in [0.2, 0.25) is 5.15 Å². The fourth-order valence-corrected chi connectivity index (χ4v) is 3.69. The van der Waals surface area contributed by atoms with Crippen LogP contribution >= 0.6 is 23.4 Å². The third-order valence-corrected chi connectivity index (χ3v) is 5.26. The predicted octanol–water partition coefficient (Wildman–Crippen LogP) is 4.49. The first-order chi connectivity index (χ1) is 13.5. The minimum atomic E-state index is -0.291. The van der Waals surface area contributed by atoms with E-state index in [4.69, 9.17) is 16.3 Å². The number of carbonyl (C=O) groups is 1. The lowest BCUT2D eigenvalue weighted by molar-refractivity contribution is -0.115. The topological polar surface area (TPSA) is 83.8 Å². The SMILES string of the molecule is COc1ccc2nc(Cl)c(/C=C3\SC(=Nc4ccccc4O)NC3=O)cc2c1. The predicted molar refractivity (Wildman–Crippen MR) is 112 cm³/mol. The number of amidine groups is 1. The van der Waals surface area contributed by atoms with Crippen molar-refractivity contribution in [3.05, 3.63) is 64.2 Å². The smallest absolute Gasteiger partial charge is 0.264 e. The third-order valence-electron chi connectivity index (χ3n) is 4.04. The molecule has 2 heterocycles. The molecule has 2 N–H and O–H groups in total. The summed E-state index contributed by atoms with van der Waals surface area (Å²) in [6.07, 6.45) is 1.67. The number of benzene rings is 2. The van der Waals surface area contributed by atoms with E-state index in [-0.39, 0.29) is 11.7 Å². The normalized spacial score (nSPS) is 16.7. The van der Waals surface area contributed by atoms with E-state index < -0.39 is 0 Å². The van der Waals surface area contributed by atoms with Crippen LogP contribution in [0.1, 0.15) is 5.56 Å². The number of carbonyl (C=O) groups excluding carboxylic acids is 1. The minimum Gasteiger partial charge on any atom is -0.506 e. The van der Waals surface area contributed by atoms with E-state index in [2.05, 4.69) is 15.3 Å². The van der Waals surface area contributed by atoms with Crippen LogP contribution in [-0.4, -0.2) is 28.3 Å². The minimum absolute atomic E-state index is 0.0398. The maximum absolute atomic E-state index is 12.3. The average Bonchev–Trinajstić information content (AvgIpc) is 3.03. The van der Waals surface area contributed by atoms with Gasteiger partial charge in [0.1, 0.15) is 22.3 Å². The maximum atomic E-state index is 12.3. The number of para-hydroxylation sites is 2. The van der Waals surface area contributed by atoms with Gasteiger partial charge in [-0.15, -0.1) is 0 Å². The second-order valence-corrected chi connectivity index (χ2v) is 7.29. The van der Waals surface area contributed by atoms with E-state index in [1.54, 1.807) is 31.4 Å². The number of hydrogen-bond acceptors (Lipinski definition) is 6. The summed E-state index contributed by atoms with van der Waals surface area (Å²) in [4.78, 5) is 21.4. The van der Waals surface area contributed by atoms with Gasteiger partial charge in [-0.2, -0.15) is 0 Å². The number of ether oxygens (including phenoxy) is 1. The number of nitrogens with one attached hydrogen (secondary N) is 1. The number of methoxy groups -OCH3 is 1. The number of fused-ring (bicyclic) bond motifs is 1. The first-order valence-corrected chi connectivity index (χ1v) is 9.45. The third kappa shape index (κ3) is 3.67. The molecule has 2 aromatic carbocycles. The summed E-state index contributed by atoms with van der Waals surface area (Å²) in [6.45, 7) is 0. The number of aromatic hydroxyl groups is 1. The van der Waals surface area contributed by atoms with E-state index in [1.807, 2.05) is 24.3 Å². The van der Waals surface area contributed by atoms with Crippen molar-refractivity contribution in [1.82, 2.24) is 10.3 Å². The largest absolute Gasteiger partial charge is 0.506 e. The molecule has 0 saturated carbocycles. The number of amides is 1. The van der Waals surface area contributed by atoms with Crippen molar-refractivity contribution in [3.8, 4) is 11.5 Å². The van der Waals surface area contributed by atoms with Crippen LogP contribution in [0, 0.1) is 0 Å². The summed E-state index contributed by atoms with van der Waals surface area (Å²) < 4.78 is 5.24. The van der Waals surface area contributed by atoms with Crippen LogP contribution in [0.4, 0.5) is 5.69 Å². The lowest BCUT2D eigenvalue weighted by Crippen LogP contribution is -2.19. The van der Waals surface area contributed by atoms with Crippen LogP contribution < -0.4 is 10.1 Å². The van der Waals surface area contributed by atoms with Gasteiger partial charge in [0.15, 0.2) is 5.17 Å². The Balaban J connectivity index is 1.68. The molecule has 8 heteroatoms. The van der Waals surface area contributed by atoms with E-state index in [0.717, 1.165) is 10.9 Å². The van der Waals surface area contributed by atoms with Gasteiger partial charge in [0.25, 0.3) is 5.91 Å². The zero-order chi connectivity index (χ0) is 19.7. The van der Waals surface area contributed by atoms with Gasteiger partial charge in [-0.25, -0.2) is 9.98 Å². The Morgan fingerprint density at radius 1 is 1.25 bits per heavy atom. The average molecular weight is 412 g/mol. The van der Waals surface area contributed by atoms with E-state index in [0.29, 0.717) is 32.2 Å². The summed E-state index contributed by atoms with van der Waals surface area (Å²) in [5.41, 5.74) is 1.73. The summed E-state index contributed by atoms with van der Waals surface area (Å²) >= 11 is 7.47. The van der Waals surface area contributed by atoms with Gasteiger partial charge in [0, 0.05) is 10.9 Å². The van der Waals surface area contributed by atoms with Gasteiger partial charge >= 0.3 is 0 Å². The number of phenols is 1. The van der Waals surface area contributed by atoms with Crippen LogP contribution in [0.15, 0.2) is 58.4 Å². The summed E-state index contributed by atoms with van der Waals surface area (Å²) in [7, 11) is 1.60. The highest BCUT2D eigenvalue weighted by Crippen LogP contribution is 2.33. The lowest BCUT2D eigenvalue weighted by Gasteiger charge is -2.05. The molecular weight excluding hydrogens is 398 g/mol. The highest BCUT2D eigenvalue weighted by molar-refractivity contribution is 8.18. The number of phenolic OH excluding ortho intramolecular Hbond substituents is 1. The van der Waals surface area contributed by atoms with Crippen molar-refractivity contribution in [1.29, 1.82) is 0 Å². The monoisotopic (exact) mass is 411 g/mol. The molecule has 1 fully saturated rings. The maximum Gasteiger partial charge on any atom is 0.264 e. The molecule has 0 atom stereocenters. The van der Waals surface area contributed by atoms with Gasteiger partial charge in [-0.05, 0) is 54.2 Å². The number of hydrogen-bond donors (Lipinski definition) is 2. The summed E-state index contributed by atoms with van der Waals surface area (Å²) in [6, 6.07) is 14.0. The molecule has 4 rings (SSSR count). The lowest BCUT2D eigenvalue weighted by atomic mass is 10.1. The number of rotatable bonds is 3. The van der Waals surface area contributed by atoms with Crippen molar-refractivity contribution in [3.63, 3.8) is 0 Å². The molecule has 0 radical (unpaired) electrons. The Morgan fingerprint density at radius 2 is 2.07 bits per heavy atom. The molecule has 3 aromatic rings. The molecule has 0 spiro atoms. The molecule has 1 aliphatic rings. The van der Waals surface area contributed by atoms with Gasteiger partial charge in [-0.1, -0.05) is 23.7 Å². The zero-order valence-corrected chi connectivity index (χ0v) is 16.2. The molecule has 140 valence electrons. The van der Waals surface area contributed by atoms with Crippen molar-refractivity contribution < 1.29 is 14.6 Å². The van der Waals surface area contributed by atoms with Crippen molar-refractivity contribution in [2.75, 3.05) is 7.11 Å². The number of aliphatic imine (C=N–C) groups is 1. The number of thioether (sulfide) groups is 1. The highest BCUT2D eigenvalue weighted by atomic mass is 35.5. The fourth-order valence-electron chi connectivity index (χ4n) is 2.67. The standard InChI is InChI=1S/C20H14ClN3O3S/c1-27-13-6-7-14-11(9-13)8-12(18(21)22-14)10-17-19(26)24-20(28-17)23-15-4-2-3-5-16(15)25/h2-10,25H,1H3,(H,23,24,26)/b17-10-. The Morgan fingerprint density at radius 3 is 2.86 bits per heavy atom. The quantitative estimate of drug-likeness (QED) is 0.490. The van der Waals surface area contributed by atoms with Crippen LogP contribution in [0.25, 0.3) is 17.0 Å². The summed E-state index contributed by atoms with van der Waals surface area (Å²) in [5, 5.41) is 14.0. The molecular formula is C20H14ClN3O3S. The molecule has 28 heavy (non-hydrogen) atoms. The van der Waals surface area contributed by atoms with E-state index in [9.17, 15) is 9.90 Å². The number of aromatic nitrogens is 1. The highest BCUT2D eigenvalue weighted by Gasteiger charge is 2.24. The molecule has 1 saturated heterocycles. The van der Waals surface area contributed by atoms with Crippen LogP contribution in [-0.2, 0) is 4.79 Å². The van der Waals surface area contributed by atoms with E-state index in [1.165, 1.54) is 17.8 Å². The van der Waals surface area contributed by atoms with Crippen LogP contribution in [0.5, 0.6) is 11.5 Å². The molecule has 0 unspecified atom stereocenters. The molecule has 0 aliphatic carbocycles. The van der Waals surface area contributed by atoms with Gasteiger partial charge in [-0.3, -0.25) is 4.79 Å². The second-order valence-electron chi connectivity index (χ2n) is 5.90. The van der Waals surface area contributed by atoms with Crippen molar-refractivity contribution >= 4 is 57.1 Å². The number of pyridine rings is 1. The first kappa shape index (κ1) is 18.3. The van der Waals surface area contributed by atoms with Crippen LogP contribution in [0.3, 0.4) is 0 Å². The van der Waals surface area contributed by atoms with Crippen molar-refractivity contribution in [2.24, 2.45) is 4.99 Å². The molecule has 1 aromatic heterocycles. The Kier molecular flexibility index (Phi) is 4.93. The molecule has 1 aliphatic heterocycles. The van der Waals surface area contributed by atoms with Gasteiger partial charge in [0.05, 0.1) is 17.5 Å². The van der Waals surface area contributed by atoms with Gasteiger partial charge < -0.3 is 15.2 Å². The Hall–Kier alpha value is -3.03. The Bertz CT molecular complexity index is 1160. The molecule has 0 bridgehead atoms. The zero-order valence-electron chi connectivity index (χ0n) is 14.6. The second kappa shape index (κ2) is 7.53. The molecule has 1 amide bonds. The number of halogens is 1. The number of nitrogens with zero attached hydrogens (tertiary/aromatic N) is 2. The molecule has 6 nitrogen and oxygen atoms in total. The van der Waals surface area contributed by atoms with E-state index >= 15 is 0 Å².